The van der Waals surface area contributed by atoms with Crippen molar-refractivity contribution in [1.29, 1.82) is 5.26 Å². The second kappa shape index (κ2) is 6.42. The van der Waals surface area contributed by atoms with Gasteiger partial charge in [-0.05, 0) is 24.1 Å². The summed E-state index contributed by atoms with van der Waals surface area (Å²) in [6.45, 7) is 2.48. The Kier molecular flexibility index (Phi) is 4.32. The number of benzene rings is 1. The third kappa shape index (κ3) is 2.88. The monoisotopic (exact) mass is 343 g/mol. The second-order valence-electron chi connectivity index (χ2n) is 5.44. The molecule has 1 N–H and O–H groups in total. The summed E-state index contributed by atoms with van der Waals surface area (Å²) in [5, 5.41) is 12.5. The summed E-state index contributed by atoms with van der Waals surface area (Å²) in [5.74, 6) is -1.23. The summed E-state index contributed by atoms with van der Waals surface area (Å²) >= 11 is 1.27. The molecule has 1 aromatic heterocycles. The molecule has 0 fully saturated rings. The Morgan fingerprint density at radius 3 is 2.79 bits per heavy atom. The molecule has 0 spiro atoms. The number of thiophene rings is 1. The molecule has 2 aromatic rings. The van der Waals surface area contributed by atoms with E-state index in [2.05, 4.69) is 11.4 Å². The van der Waals surface area contributed by atoms with Crippen LogP contribution in [0.3, 0.4) is 0 Å². The van der Waals surface area contributed by atoms with Crippen molar-refractivity contribution in [2.24, 2.45) is 0 Å². The van der Waals surface area contributed by atoms with E-state index in [4.69, 9.17) is 0 Å². The van der Waals surface area contributed by atoms with Crippen LogP contribution in [0.5, 0.6) is 0 Å². The Labute approximate surface area is 142 Å². The second-order valence-corrected chi connectivity index (χ2v) is 6.55. The van der Waals surface area contributed by atoms with Crippen molar-refractivity contribution in [3.05, 3.63) is 51.7 Å². The van der Waals surface area contributed by atoms with Crippen LogP contribution in [0.15, 0.2) is 24.3 Å². The first-order valence-electron chi connectivity index (χ1n) is 7.37. The molecule has 24 heavy (non-hydrogen) atoms. The van der Waals surface area contributed by atoms with E-state index in [0.717, 1.165) is 10.4 Å². The number of hydrogen-bond acceptors (Lipinski definition) is 4. The van der Waals surface area contributed by atoms with Crippen LogP contribution in [0.1, 0.15) is 33.3 Å². The maximum absolute atomic E-state index is 13.7. The van der Waals surface area contributed by atoms with Crippen LogP contribution >= 0.6 is 11.3 Å². The SMILES string of the molecule is CC(=O)N1CCc2c(sc(NC(=O)c3ccccc3F)c2C#N)C1. The quantitative estimate of drug-likeness (QED) is 0.911. The first-order chi connectivity index (χ1) is 11.5. The zero-order chi connectivity index (χ0) is 17.3. The molecule has 0 radical (unpaired) electrons. The van der Waals surface area contributed by atoms with Crippen molar-refractivity contribution in [3.8, 4) is 6.07 Å². The standard InChI is InChI=1S/C17H14FN3O2S/c1-10(22)21-7-6-11-13(8-19)17(24-15(11)9-21)20-16(23)12-4-2-3-5-14(12)18/h2-5H,6-7,9H2,1H3,(H,20,23). The largest absolute Gasteiger partial charge is 0.337 e. The topological polar surface area (TPSA) is 73.2 Å². The molecule has 0 atom stereocenters. The highest BCUT2D eigenvalue weighted by atomic mass is 32.1. The highest BCUT2D eigenvalue weighted by Crippen LogP contribution is 2.36. The Morgan fingerprint density at radius 1 is 1.38 bits per heavy atom. The smallest absolute Gasteiger partial charge is 0.259 e. The fourth-order valence-corrected chi connectivity index (χ4v) is 3.90. The minimum Gasteiger partial charge on any atom is -0.337 e. The number of fused-ring (bicyclic) bond motifs is 1. The van der Waals surface area contributed by atoms with Gasteiger partial charge >= 0.3 is 0 Å². The van der Waals surface area contributed by atoms with Gasteiger partial charge in [0.2, 0.25) is 5.91 Å². The van der Waals surface area contributed by atoms with Crippen LogP contribution in [0.4, 0.5) is 9.39 Å². The molecule has 3 rings (SSSR count). The minimum absolute atomic E-state index is 0.0236. The van der Waals surface area contributed by atoms with E-state index in [1.807, 2.05) is 0 Å². The number of rotatable bonds is 2. The summed E-state index contributed by atoms with van der Waals surface area (Å²) in [5.41, 5.74) is 1.20. The number of nitrogens with zero attached hydrogens (tertiary/aromatic N) is 2. The molecule has 122 valence electrons. The molecule has 0 aliphatic carbocycles. The fourth-order valence-electron chi connectivity index (χ4n) is 2.69. The molecule has 5 nitrogen and oxygen atoms in total. The van der Waals surface area contributed by atoms with Gasteiger partial charge in [0.25, 0.3) is 5.91 Å². The molecule has 0 bridgehead atoms. The van der Waals surface area contributed by atoms with Crippen LogP contribution in [-0.4, -0.2) is 23.3 Å². The molecule has 0 saturated heterocycles. The number of amides is 2. The molecular formula is C17H14FN3O2S. The van der Waals surface area contributed by atoms with Crippen molar-refractivity contribution in [1.82, 2.24) is 4.90 Å². The molecule has 0 unspecified atom stereocenters. The lowest BCUT2D eigenvalue weighted by Gasteiger charge is -2.25. The lowest BCUT2D eigenvalue weighted by atomic mass is 10.0. The predicted molar refractivity (Wildman–Crippen MR) is 88.2 cm³/mol. The lowest BCUT2D eigenvalue weighted by molar-refractivity contribution is -0.129. The summed E-state index contributed by atoms with van der Waals surface area (Å²) in [4.78, 5) is 26.4. The first kappa shape index (κ1) is 16.1. The van der Waals surface area contributed by atoms with Crippen molar-refractivity contribution < 1.29 is 14.0 Å². The van der Waals surface area contributed by atoms with Crippen LogP contribution in [0.2, 0.25) is 0 Å². The number of hydrogen-bond donors (Lipinski definition) is 1. The van der Waals surface area contributed by atoms with Gasteiger partial charge in [-0.3, -0.25) is 9.59 Å². The Morgan fingerprint density at radius 2 is 2.12 bits per heavy atom. The Balaban J connectivity index is 1.90. The van der Waals surface area contributed by atoms with E-state index >= 15 is 0 Å². The lowest BCUT2D eigenvalue weighted by Crippen LogP contribution is -2.33. The van der Waals surface area contributed by atoms with Gasteiger partial charge in [-0.15, -0.1) is 11.3 Å². The molecular weight excluding hydrogens is 329 g/mol. The number of carbonyl (C=O) groups excluding carboxylic acids is 2. The average Bonchev–Trinajstić information content (AvgIpc) is 2.91. The molecule has 1 aromatic carbocycles. The van der Waals surface area contributed by atoms with E-state index in [9.17, 15) is 19.2 Å². The number of anilines is 1. The van der Waals surface area contributed by atoms with Gasteiger partial charge in [0.15, 0.2) is 0 Å². The molecule has 1 aliphatic heterocycles. The maximum Gasteiger partial charge on any atom is 0.259 e. The normalized spacial score (nSPS) is 13.1. The van der Waals surface area contributed by atoms with Gasteiger partial charge in [-0.2, -0.15) is 5.26 Å². The van der Waals surface area contributed by atoms with Gasteiger partial charge in [0.05, 0.1) is 17.7 Å². The number of carbonyl (C=O) groups is 2. The van der Waals surface area contributed by atoms with E-state index < -0.39 is 11.7 Å². The zero-order valence-electron chi connectivity index (χ0n) is 12.9. The van der Waals surface area contributed by atoms with E-state index in [-0.39, 0.29) is 11.5 Å². The fraction of sp³-hybridized carbons (Fsp3) is 0.235. The van der Waals surface area contributed by atoms with Crippen LogP contribution < -0.4 is 5.32 Å². The molecule has 2 heterocycles. The maximum atomic E-state index is 13.7. The summed E-state index contributed by atoms with van der Waals surface area (Å²) < 4.78 is 13.7. The highest BCUT2D eigenvalue weighted by molar-refractivity contribution is 7.16. The van der Waals surface area contributed by atoms with Crippen LogP contribution in [-0.2, 0) is 17.8 Å². The van der Waals surface area contributed by atoms with Gasteiger partial charge in [-0.25, -0.2) is 4.39 Å². The average molecular weight is 343 g/mol. The van der Waals surface area contributed by atoms with Crippen molar-refractivity contribution in [2.45, 2.75) is 19.9 Å². The third-order valence-electron chi connectivity index (χ3n) is 3.96. The van der Waals surface area contributed by atoms with E-state index in [1.54, 1.807) is 11.0 Å². The molecule has 7 heteroatoms. The van der Waals surface area contributed by atoms with Crippen molar-refractivity contribution >= 4 is 28.2 Å². The number of nitrogens with one attached hydrogen (secondary N) is 1. The summed E-state index contributed by atoms with van der Waals surface area (Å²) in [6.07, 6.45) is 0.573. The molecule has 0 saturated carbocycles. The Bertz CT molecular complexity index is 869. The first-order valence-corrected chi connectivity index (χ1v) is 8.19. The van der Waals surface area contributed by atoms with Gasteiger partial charge in [-0.1, -0.05) is 12.1 Å². The van der Waals surface area contributed by atoms with Crippen molar-refractivity contribution in [2.75, 3.05) is 11.9 Å². The van der Waals surface area contributed by atoms with E-state index in [1.165, 1.54) is 36.5 Å². The predicted octanol–water partition coefficient (Wildman–Crippen LogP) is 2.92. The number of nitriles is 1. The third-order valence-corrected chi connectivity index (χ3v) is 5.09. The highest BCUT2D eigenvalue weighted by Gasteiger charge is 2.26. The Hall–Kier alpha value is -2.72. The van der Waals surface area contributed by atoms with Crippen molar-refractivity contribution in [3.63, 3.8) is 0 Å². The van der Waals surface area contributed by atoms with E-state index in [0.29, 0.717) is 30.1 Å². The minimum atomic E-state index is -0.613. The summed E-state index contributed by atoms with van der Waals surface area (Å²) in [6, 6.07) is 7.80. The van der Waals surface area contributed by atoms with Crippen LogP contribution in [0.25, 0.3) is 0 Å². The number of halogens is 1. The summed E-state index contributed by atoms with van der Waals surface area (Å²) in [7, 11) is 0. The molecule has 1 aliphatic rings. The van der Waals surface area contributed by atoms with Gasteiger partial charge in [0.1, 0.15) is 16.9 Å². The molecule has 2 amide bonds. The van der Waals surface area contributed by atoms with Gasteiger partial charge in [0, 0.05) is 18.3 Å². The van der Waals surface area contributed by atoms with Crippen LogP contribution in [0, 0.1) is 17.1 Å². The van der Waals surface area contributed by atoms with Gasteiger partial charge < -0.3 is 10.2 Å². The zero-order valence-corrected chi connectivity index (χ0v) is 13.7.